The Morgan fingerprint density at radius 1 is 1.22 bits per heavy atom. The van der Waals surface area contributed by atoms with Crippen molar-refractivity contribution in [2.45, 2.75) is 64.0 Å². The molecule has 0 radical (unpaired) electrons. The van der Waals surface area contributed by atoms with Gasteiger partial charge in [-0.2, -0.15) is 4.98 Å². The largest absolute Gasteiger partial charge is 0.353 e. The Balaban J connectivity index is 1.30. The lowest BCUT2D eigenvalue weighted by atomic mass is 9.96. The molecule has 6 nitrogen and oxygen atoms in total. The van der Waals surface area contributed by atoms with Crippen LogP contribution in [0.2, 0.25) is 0 Å². The number of rotatable bonds is 5. The van der Waals surface area contributed by atoms with Gasteiger partial charge in [-0.05, 0) is 43.7 Å². The van der Waals surface area contributed by atoms with E-state index in [-0.39, 0.29) is 11.8 Å². The second-order valence-corrected chi connectivity index (χ2v) is 8.71. The lowest BCUT2D eigenvalue weighted by Crippen LogP contribution is -2.45. The lowest BCUT2D eigenvalue weighted by molar-refractivity contribution is -0.127. The molecule has 0 bridgehead atoms. The molecule has 4 rings (SSSR count). The van der Waals surface area contributed by atoms with Crippen LogP contribution in [0.15, 0.2) is 22.0 Å². The molecule has 3 heterocycles. The Bertz CT molecular complexity index is 722. The highest BCUT2D eigenvalue weighted by molar-refractivity contribution is 7.13. The minimum absolute atomic E-state index is 0.0710. The summed E-state index contributed by atoms with van der Waals surface area (Å²) < 4.78 is 5.43. The number of nitrogens with zero attached hydrogens (tertiary/aromatic N) is 3. The molecular weight excluding hydrogens is 360 g/mol. The van der Waals surface area contributed by atoms with Gasteiger partial charge < -0.3 is 9.84 Å². The van der Waals surface area contributed by atoms with Crippen LogP contribution in [0.5, 0.6) is 0 Å². The highest BCUT2D eigenvalue weighted by atomic mass is 32.1. The summed E-state index contributed by atoms with van der Waals surface area (Å²) in [7, 11) is 0. The van der Waals surface area contributed by atoms with Crippen LogP contribution >= 0.6 is 11.3 Å². The van der Waals surface area contributed by atoms with Crippen molar-refractivity contribution in [3.8, 4) is 10.7 Å². The number of piperidine rings is 1. The molecule has 27 heavy (non-hydrogen) atoms. The summed E-state index contributed by atoms with van der Waals surface area (Å²) in [5, 5.41) is 9.41. The Morgan fingerprint density at radius 3 is 2.85 bits per heavy atom. The van der Waals surface area contributed by atoms with Crippen molar-refractivity contribution in [1.82, 2.24) is 20.4 Å². The summed E-state index contributed by atoms with van der Waals surface area (Å²) in [6, 6.07) is 4.35. The Morgan fingerprint density at radius 2 is 2.07 bits per heavy atom. The minimum atomic E-state index is 0.0710. The number of nitrogens with one attached hydrogen (secondary N) is 1. The molecule has 1 atom stereocenters. The number of likely N-dealkylation sites (tertiary alicyclic amines) is 1. The SMILES string of the molecule is O=C(NC1CCCCCC1)C1CCCN(Cc2nc(-c3cccs3)no2)C1. The van der Waals surface area contributed by atoms with Crippen molar-refractivity contribution in [2.24, 2.45) is 5.92 Å². The zero-order valence-electron chi connectivity index (χ0n) is 15.7. The van der Waals surface area contributed by atoms with Crippen LogP contribution in [0.3, 0.4) is 0 Å². The molecule has 2 fully saturated rings. The average molecular weight is 389 g/mol. The number of amides is 1. The van der Waals surface area contributed by atoms with Gasteiger partial charge in [-0.3, -0.25) is 9.69 Å². The average Bonchev–Trinajstić information content (AvgIpc) is 3.30. The first-order valence-electron chi connectivity index (χ1n) is 10.2. The Kier molecular flexibility index (Phi) is 6.19. The topological polar surface area (TPSA) is 71.3 Å². The highest BCUT2D eigenvalue weighted by Gasteiger charge is 2.28. The predicted molar refractivity (Wildman–Crippen MR) is 105 cm³/mol. The molecule has 0 aromatic carbocycles. The van der Waals surface area contributed by atoms with Crippen LogP contribution in [0.1, 0.15) is 57.3 Å². The van der Waals surface area contributed by atoms with Gasteiger partial charge in [0.25, 0.3) is 0 Å². The van der Waals surface area contributed by atoms with Gasteiger partial charge in [-0.1, -0.05) is 36.9 Å². The predicted octanol–water partition coefficient (Wildman–Crippen LogP) is 3.85. The number of aromatic nitrogens is 2. The fourth-order valence-corrected chi connectivity index (χ4v) is 4.82. The van der Waals surface area contributed by atoms with Gasteiger partial charge in [0, 0.05) is 12.6 Å². The number of carbonyl (C=O) groups is 1. The van der Waals surface area contributed by atoms with Gasteiger partial charge in [0.15, 0.2) is 0 Å². The van der Waals surface area contributed by atoms with Crippen molar-refractivity contribution >= 4 is 17.2 Å². The number of carbonyl (C=O) groups excluding carboxylic acids is 1. The Hall–Kier alpha value is -1.73. The van der Waals surface area contributed by atoms with Crippen LogP contribution in [-0.4, -0.2) is 40.1 Å². The van der Waals surface area contributed by atoms with E-state index in [1.54, 1.807) is 11.3 Å². The molecule has 2 aromatic rings. The van der Waals surface area contributed by atoms with E-state index in [1.165, 1.54) is 25.7 Å². The third-order valence-electron chi connectivity index (χ3n) is 5.65. The van der Waals surface area contributed by atoms with Gasteiger partial charge >= 0.3 is 0 Å². The summed E-state index contributed by atoms with van der Waals surface area (Å²) in [4.78, 5) is 20.5. The van der Waals surface area contributed by atoms with E-state index in [9.17, 15) is 4.79 Å². The zero-order valence-corrected chi connectivity index (χ0v) is 16.5. The fraction of sp³-hybridized carbons (Fsp3) is 0.650. The van der Waals surface area contributed by atoms with Crippen LogP contribution in [-0.2, 0) is 11.3 Å². The van der Waals surface area contributed by atoms with Gasteiger partial charge in [0.2, 0.25) is 17.6 Å². The third kappa shape index (κ3) is 4.96. The van der Waals surface area contributed by atoms with Gasteiger partial charge in [-0.25, -0.2) is 0 Å². The normalized spacial score (nSPS) is 22.4. The molecule has 2 aliphatic rings. The summed E-state index contributed by atoms with van der Waals surface area (Å²) in [6.07, 6.45) is 9.37. The summed E-state index contributed by atoms with van der Waals surface area (Å²) in [5.74, 6) is 1.58. The minimum Gasteiger partial charge on any atom is -0.353 e. The van der Waals surface area contributed by atoms with Crippen molar-refractivity contribution in [1.29, 1.82) is 0 Å². The van der Waals surface area contributed by atoms with Crippen LogP contribution in [0.25, 0.3) is 10.7 Å². The quantitative estimate of drug-likeness (QED) is 0.788. The smallest absolute Gasteiger partial charge is 0.241 e. The van der Waals surface area contributed by atoms with E-state index in [0.717, 1.165) is 43.6 Å². The van der Waals surface area contributed by atoms with E-state index in [4.69, 9.17) is 4.52 Å². The maximum Gasteiger partial charge on any atom is 0.241 e. The second kappa shape index (κ2) is 8.97. The van der Waals surface area contributed by atoms with E-state index in [2.05, 4.69) is 20.4 Å². The lowest BCUT2D eigenvalue weighted by Gasteiger charge is -2.31. The first-order chi connectivity index (χ1) is 13.3. The molecule has 1 aliphatic heterocycles. The van der Waals surface area contributed by atoms with Gasteiger partial charge in [0.05, 0.1) is 17.3 Å². The molecule has 1 aliphatic carbocycles. The molecule has 1 N–H and O–H groups in total. The molecule has 1 amide bonds. The number of hydrogen-bond acceptors (Lipinski definition) is 6. The van der Waals surface area contributed by atoms with Crippen LogP contribution < -0.4 is 5.32 Å². The molecule has 0 spiro atoms. The van der Waals surface area contributed by atoms with Crippen molar-refractivity contribution in [3.63, 3.8) is 0 Å². The maximum atomic E-state index is 12.7. The highest BCUT2D eigenvalue weighted by Crippen LogP contribution is 2.24. The summed E-state index contributed by atoms with van der Waals surface area (Å²) >= 11 is 1.61. The molecular formula is C20H28N4O2S. The van der Waals surface area contributed by atoms with Gasteiger partial charge in [-0.15, -0.1) is 11.3 Å². The number of thiophene rings is 1. The number of hydrogen-bond donors (Lipinski definition) is 1. The van der Waals surface area contributed by atoms with Crippen molar-refractivity contribution in [3.05, 3.63) is 23.4 Å². The molecule has 7 heteroatoms. The van der Waals surface area contributed by atoms with Gasteiger partial charge in [0.1, 0.15) is 0 Å². The van der Waals surface area contributed by atoms with E-state index >= 15 is 0 Å². The maximum absolute atomic E-state index is 12.7. The zero-order chi connectivity index (χ0) is 18.5. The van der Waals surface area contributed by atoms with Crippen molar-refractivity contribution < 1.29 is 9.32 Å². The molecule has 2 aromatic heterocycles. The molecule has 1 saturated carbocycles. The summed E-state index contributed by atoms with van der Waals surface area (Å²) in [5.41, 5.74) is 0. The van der Waals surface area contributed by atoms with E-state index in [0.29, 0.717) is 24.3 Å². The van der Waals surface area contributed by atoms with Crippen LogP contribution in [0, 0.1) is 5.92 Å². The first kappa shape index (κ1) is 18.6. The molecule has 1 saturated heterocycles. The molecule has 1 unspecified atom stereocenters. The Labute approximate surface area is 164 Å². The monoisotopic (exact) mass is 388 g/mol. The van der Waals surface area contributed by atoms with Crippen molar-refractivity contribution in [2.75, 3.05) is 13.1 Å². The summed E-state index contributed by atoms with van der Waals surface area (Å²) in [6.45, 7) is 2.37. The first-order valence-corrected chi connectivity index (χ1v) is 11.0. The third-order valence-corrected chi connectivity index (χ3v) is 6.51. The van der Waals surface area contributed by atoms with E-state index < -0.39 is 0 Å². The van der Waals surface area contributed by atoms with Crippen LogP contribution in [0.4, 0.5) is 0 Å². The molecule has 146 valence electrons. The fourth-order valence-electron chi connectivity index (χ4n) is 4.17. The van der Waals surface area contributed by atoms with E-state index in [1.807, 2.05) is 17.5 Å². The second-order valence-electron chi connectivity index (χ2n) is 7.76. The standard InChI is InChI=1S/C20H28N4O2S/c25-20(21-16-8-3-1-2-4-9-16)15-7-5-11-24(13-15)14-18-22-19(23-26-18)17-10-6-12-27-17/h6,10,12,15-16H,1-5,7-9,11,13-14H2,(H,21,25).